The molecule has 0 amide bonds. The average Bonchev–Trinajstić information content (AvgIpc) is 3.24. The molecule has 11 heteroatoms. The van der Waals surface area contributed by atoms with Crippen LogP contribution in [0.15, 0.2) is 36.8 Å². The van der Waals surface area contributed by atoms with Crippen molar-refractivity contribution in [2.24, 2.45) is 0 Å². The summed E-state index contributed by atoms with van der Waals surface area (Å²) in [4.78, 5) is 23.6. The lowest BCUT2D eigenvalue weighted by atomic mass is 10.1. The van der Waals surface area contributed by atoms with Gasteiger partial charge >= 0.3 is 11.6 Å². The van der Waals surface area contributed by atoms with Gasteiger partial charge in [-0.25, -0.2) is 4.98 Å². The summed E-state index contributed by atoms with van der Waals surface area (Å²) in [5.74, 6) is 0.497. The number of aromatic nitrogens is 4. The molecule has 0 saturated carbocycles. The lowest BCUT2D eigenvalue weighted by molar-refractivity contribution is -0.385. The summed E-state index contributed by atoms with van der Waals surface area (Å²) in [5.41, 5.74) is 1.02. The Morgan fingerprint density at radius 2 is 2.00 bits per heavy atom. The van der Waals surface area contributed by atoms with Gasteiger partial charge in [0.25, 0.3) is 0 Å². The van der Waals surface area contributed by atoms with Crippen molar-refractivity contribution in [3.8, 4) is 22.9 Å². The number of hydrogen-bond donors (Lipinski definition) is 1. The third-order valence-electron chi connectivity index (χ3n) is 4.69. The van der Waals surface area contributed by atoms with Crippen LogP contribution in [0.1, 0.15) is 0 Å². The van der Waals surface area contributed by atoms with Crippen LogP contribution in [0.25, 0.3) is 11.3 Å². The smallest absolute Gasteiger partial charge is 0.373 e. The van der Waals surface area contributed by atoms with E-state index in [2.05, 4.69) is 25.1 Å². The zero-order chi connectivity index (χ0) is 20.4. The van der Waals surface area contributed by atoms with E-state index in [1.807, 2.05) is 11.9 Å². The number of benzene rings is 1. The maximum absolute atomic E-state index is 11.9. The first kappa shape index (κ1) is 19.1. The first-order valence-corrected chi connectivity index (χ1v) is 9.31. The molecule has 150 valence electrons. The molecule has 3 aromatic rings. The van der Waals surface area contributed by atoms with E-state index in [-0.39, 0.29) is 17.4 Å². The maximum atomic E-state index is 11.9. The minimum atomic E-state index is -0.505. The molecule has 1 N–H and O–H groups in total. The number of H-pyrrole nitrogens is 1. The first-order chi connectivity index (χ1) is 14.0. The van der Waals surface area contributed by atoms with Gasteiger partial charge in [-0.3, -0.25) is 15.2 Å². The SMILES string of the molecule is CN1CCN(c2ncnc(Oc3ccc(Cl)cc3-c3ccn[nH]3)c2[N+](=O)[O-])CC1. The molecule has 0 spiro atoms. The van der Waals surface area contributed by atoms with Crippen LogP contribution >= 0.6 is 11.6 Å². The highest BCUT2D eigenvalue weighted by Crippen LogP contribution is 2.39. The number of nitrogens with zero attached hydrogens (tertiary/aromatic N) is 6. The Bertz CT molecular complexity index is 1020. The molecule has 1 fully saturated rings. The van der Waals surface area contributed by atoms with Crippen molar-refractivity contribution in [2.45, 2.75) is 0 Å². The average molecular weight is 416 g/mol. The van der Waals surface area contributed by atoms with Crippen molar-refractivity contribution in [2.75, 3.05) is 38.1 Å². The molecule has 0 unspecified atom stereocenters. The van der Waals surface area contributed by atoms with Crippen molar-refractivity contribution < 1.29 is 9.66 Å². The molecule has 10 nitrogen and oxygen atoms in total. The number of nitrogens with one attached hydrogen (secondary N) is 1. The van der Waals surface area contributed by atoms with Crippen molar-refractivity contribution in [3.05, 3.63) is 51.9 Å². The second kappa shape index (κ2) is 8.02. The Morgan fingerprint density at radius 1 is 1.21 bits per heavy atom. The zero-order valence-corrected chi connectivity index (χ0v) is 16.3. The van der Waals surface area contributed by atoms with Crippen LogP contribution in [0.5, 0.6) is 11.6 Å². The Kier molecular flexibility index (Phi) is 5.28. The third-order valence-corrected chi connectivity index (χ3v) is 4.93. The molecular weight excluding hydrogens is 398 g/mol. The van der Waals surface area contributed by atoms with Gasteiger partial charge in [-0.05, 0) is 31.3 Å². The van der Waals surface area contributed by atoms with Gasteiger partial charge in [0.05, 0.1) is 10.6 Å². The fraction of sp³-hybridized carbons (Fsp3) is 0.278. The fourth-order valence-corrected chi connectivity index (χ4v) is 3.32. The van der Waals surface area contributed by atoms with E-state index < -0.39 is 4.92 Å². The van der Waals surface area contributed by atoms with Gasteiger partial charge in [0.1, 0.15) is 12.1 Å². The van der Waals surface area contributed by atoms with Crippen LogP contribution in [0.4, 0.5) is 11.5 Å². The Hall–Kier alpha value is -3.24. The van der Waals surface area contributed by atoms with E-state index in [0.29, 0.717) is 35.1 Å². The lowest BCUT2D eigenvalue weighted by Gasteiger charge is -2.32. The number of ether oxygens (including phenoxy) is 1. The summed E-state index contributed by atoms with van der Waals surface area (Å²) in [6.45, 7) is 2.85. The molecule has 0 bridgehead atoms. The number of nitro groups is 1. The maximum Gasteiger partial charge on any atom is 0.373 e. The van der Waals surface area contributed by atoms with Gasteiger partial charge in [-0.2, -0.15) is 10.1 Å². The van der Waals surface area contributed by atoms with Crippen molar-refractivity contribution in [1.29, 1.82) is 0 Å². The van der Waals surface area contributed by atoms with Gasteiger partial charge < -0.3 is 14.5 Å². The van der Waals surface area contributed by atoms with Crippen LogP contribution in [0.2, 0.25) is 5.02 Å². The summed E-state index contributed by atoms with van der Waals surface area (Å²) in [6.07, 6.45) is 2.88. The normalized spacial score (nSPS) is 14.8. The Balaban J connectivity index is 1.73. The van der Waals surface area contributed by atoms with Gasteiger partial charge in [0, 0.05) is 43.0 Å². The molecule has 29 heavy (non-hydrogen) atoms. The highest BCUT2D eigenvalue weighted by molar-refractivity contribution is 6.31. The van der Waals surface area contributed by atoms with Gasteiger partial charge in [-0.1, -0.05) is 11.6 Å². The highest BCUT2D eigenvalue weighted by atomic mass is 35.5. The fourth-order valence-electron chi connectivity index (χ4n) is 3.15. The second-order valence-electron chi connectivity index (χ2n) is 6.61. The monoisotopic (exact) mass is 415 g/mol. The van der Waals surface area contributed by atoms with Crippen molar-refractivity contribution in [3.63, 3.8) is 0 Å². The summed E-state index contributed by atoms with van der Waals surface area (Å²) in [6, 6.07) is 6.73. The van der Waals surface area contributed by atoms with Crippen LogP contribution in [0.3, 0.4) is 0 Å². The van der Waals surface area contributed by atoms with E-state index in [9.17, 15) is 10.1 Å². The van der Waals surface area contributed by atoms with Crippen molar-refractivity contribution >= 4 is 23.1 Å². The number of piperazine rings is 1. The van der Waals surface area contributed by atoms with E-state index in [4.69, 9.17) is 16.3 Å². The van der Waals surface area contributed by atoms with Crippen LogP contribution < -0.4 is 9.64 Å². The molecule has 1 aliphatic heterocycles. The third kappa shape index (κ3) is 3.98. The number of rotatable bonds is 5. The molecule has 4 rings (SSSR count). The summed E-state index contributed by atoms with van der Waals surface area (Å²) >= 11 is 6.12. The Labute approximate surface area is 171 Å². The molecule has 3 heterocycles. The standard InChI is InChI=1S/C18H18ClN7O3/c1-24-6-8-25(9-7-24)17-16(26(27)28)18(21-11-20-17)29-15-3-2-12(19)10-13(15)14-4-5-22-23-14/h2-5,10-11H,6-9H2,1H3,(H,22,23). The van der Waals surface area contributed by atoms with Crippen molar-refractivity contribution in [1.82, 2.24) is 25.1 Å². The van der Waals surface area contributed by atoms with Crippen LogP contribution in [-0.2, 0) is 0 Å². The molecule has 1 aromatic carbocycles. The summed E-state index contributed by atoms with van der Waals surface area (Å²) < 4.78 is 5.90. The molecule has 1 aliphatic rings. The largest absolute Gasteiger partial charge is 0.433 e. The summed E-state index contributed by atoms with van der Waals surface area (Å²) in [5, 5.41) is 19.2. The summed E-state index contributed by atoms with van der Waals surface area (Å²) in [7, 11) is 2.01. The first-order valence-electron chi connectivity index (χ1n) is 8.93. The number of anilines is 1. The van der Waals surface area contributed by atoms with Crippen LogP contribution in [-0.4, -0.2) is 63.2 Å². The topological polar surface area (TPSA) is 113 Å². The lowest BCUT2D eigenvalue weighted by Crippen LogP contribution is -2.45. The number of likely N-dealkylation sites (N-methyl/N-ethyl adjacent to an activating group) is 1. The van der Waals surface area contributed by atoms with Gasteiger partial charge in [0.15, 0.2) is 0 Å². The minimum absolute atomic E-state index is 0.123. The highest BCUT2D eigenvalue weighted by Gasteiger charge is 2.30. The number of hydrogen-bond acceptors (Lipinski definition) is 8. The molecule has 0 atom stereocenters. The molecule has 0 radical (unpaired) electrons. The quantitative estimate of drug-likeness (QED) is 0.499. The van der Waals surface area contributed by atoms with Gasteiger partial charge in [0.2, 0.25) is 5.82 Å². The van der Waals surface area contributed by atoms with Crippen LogP contribution in [0, 0.1) is 10.1 Å². The number of aromatic amines is 1. The second-order valence-corrected chi connectivity index (χ2v) is 7.05. The molecule has 1 saturated heterocycles. The zero-order valence-electron chi connectivity index (χ0n) is 15.6. The molecule has 0 aliphatic carbocycles. The molecule has 2 aromatic heterocycles. The van der Waals surface area contributed by atoms with E-state index >= 15 is 0 Å². The van der Waals surface area contributed by atoms with Gasteiger partial charge in [-0.15, -0.1) is 0 Å². The molecular formula is C18H18ClN7O3. The predicted octanol–water partition coefficient (Wildman–Crippen LogP) is 2.97. The minimum Gasteiger partial charge on any atom is -0.433 e. The number of halogens is 1. The van der Waals surface area contributed by atoms with E-state index in [1.165, 1.54) is 6.33 Å². The Morgan fingerprint density at radius 3 is 2.69 bits per heavy atom. The van der Waals surface area contributed by atoms with E-state index in [0.717, 1.165) is 13.1 Å². The predicted molar refractivity (Wildman–Crippen MR) is 108 cm³/mol. The van der Waals surface area contributed by atoms with E-state index in [1.54, 1.807) is 30.5 Å².